The first-order valence-electron chi connectivity index (χ1n) is 4.71. The molecule has 0 aromatic carbocycles. The zero-order valence-electron chi connectivity index (χ0n) is 8.83. The van der Waals surface area contributed by atoms with Crippen molar-refractivity contribution in [2.45, 2.75) is 33.7 Å². The summed E-state index contributed by atoms with van der Waals surface area (Å²) < 4.78 is 0. The fourth-order valence-corrected chi connectivity index (χ4v) is 1.54. The normalized spacial score (nSPS) is 18.1. The summed E-state index contributed by atoms with van der Waals surface area (Å²) in [5.74, 6) is 0.638. The van der Waals surface area contributed by atoms with E-state index in [9.17, 15) is 0 Å². The SMILES string of the molecule is CC(C)C1=CN(C(C)C)CN1C. The van der Waals surface area contributed by atoms with Crippen LogP contribution in [0.4, 0.5) is 0 Å². The van der Waals surface area contributed by atoms with Crippen molar-refractivity contribution >= 4 is 0 Å². The van der Waals surface area contributed by atoms with Crippen molar-refractivity contribution in [3.63, 3.8) is 0 Å². The first-order valence-corrected chi connectivity index (χ1v) is 4.71. The van der Waals surface area contributed by atoms with E-state index in [-0.39, 0.29) is 0 Å². The van der Waals surface area contributed by atoms with E-state index in [2.05, 4.69) is 50.7 Å². The maximum atomic E-state index is 2.37. The van der Waals surface area contributed by atoms with Crippen LogP contribution in [0.3, 0.4) is 0 Å². The summed E-state index contributed by atoms with van der Waals surface area (Å²) in [6, 6.07) is 0.615. The predicted octanol–water partition coefficient (Wildman–Crippen LogP) is 2.10. The molecular formula is C10H20N2. The Morgan fingerprint density at radius 3 is 2.08 bits per heavy atom. The van der Waals surface area contributed by atoms with Gasteiger partial charge in [-0.1, -0.05) is 13.8 Å². The van der Waals surface area contributed by atoms with Crippen molar-refractivity contribution in [1.29, 1.82) is 0 Å². The van der Waals surface area contributed by atoms with Gasteiger partial charge in [0.25, 0.3) is 0 Å². The van der Waals surface area contributed by atoms with Crippen molar-refractivity contribution < 1.29 is 0 Å². The van der Waals surface area contributed by atoms with Gasteiger partial charge >= 0.3 is 0 Å². The molecule has 1 aliphatic heterocycles. The van der Waals surface area contributed by atoms with Gasteiger partial charge in [0.15, 0.2) is 0 Å². The predicted molar refractivity (Wildman–Crippen MR) is 52.5 cm³/mol. The van der Waals surface area contributed by atoms with Crippen molar-refractivity contribution in [1.82, 2.24) is 9.80 Å². The quantitative estimate of drug-likeness (QED) is 0.623. The van der Waals surface area contributed by atoms with Gasteiger partial charge in [-0.3, -0.25) is 0 Å². The lowest BCUT2D eigenvalue weighted by Gasteiger charge is -2.23. The Morgan fingerprint density at radius 1 is 1.25 bits per heavy atom. The Morgan fingerprint density at radius 2 is 1.83 bits per heavy atom. The Kier molecular flexibility index (Phi) is 2.65. The van der Waals surface area contributed by atoms with E-state index >= 15 is 0 Å². The van der Waals surface area contributed by atoms with Gasteiger partial charge in [-0.05, 0) is 19.8 Å². The fraction of sp³-hybridized carbons (Fsp3) is 0.800. The summed E-state index contributed by atoms with van der Waals surface area (Å²) >= 11 is 0. The molecule has 2 nitrogen and oxygen atoms in total. The molecule has 1 rings (SSSR count). The largest absolute Gasteiger partial charge is 0.359 e. The molecule has 0 radical (unpaired) electrons. The van der Waals surface area contributed by atoms with Gasteiger partial charge in [0.1, 0.15) is 0 Å². The van der Waals surface area contributed by atoms with Crippen LogP contribution >= 0.6 is 0 Å². The highest BCUT2D eigenvalue weighted by molar-refractivity contribution is 5.08. The molecule has 0 atom stereocenters. The van der Waals surface area contributed by atoms with E-state index in [0.717, 1.165) is 6.67 Å². The first-order chi connectivity index (χ1) is 5.52. The number of hydrogen-bond donors (Lipinski definition) is 0. The van der Waals surface area contributed by atoms with Gasteiger partial charge in [0.2, 0.25) is 0 Å². The van der Waals surface area contributed by atoms with Crippen molar-refractivity contribution in [2.75, 3.05) is 13.7 Å². The molecule has 0 N–H and O–H groups in total. The summed E-state index contributed by atoms with van der Waals surface area (Å²) in [6.07, 6.45) is 2.29. The van der Waals surface area contributed by atoms with Crippen LogP contribution in [-0.4, -0.2) is 29.6 Å². The van der Waals surface area contributed by atoms with Crippen molar-refractivity contribution in [2.24, 2.45) is 5.92 Å². The Bertz CT molecular complexity index is 182. The zero-order valence-corrected chi connectivity index (χ0v) is 8.83. The molecular weight excluding hydrogens is 148 g/mol. The Labute approximate surface area is 75.8 Å². The fourth-order valence-electron chi connectivity index (χ4n) is 1.54. The molecule has 0 unspecified atom stereocenters. The number of rotatable bonds is 2. The van der Waals surface area contributed by atoms with E-state index in [1.165, 1.54) is 5.70 Å². The zero-order chi connectivity index (χ0) is 9.30. The van der Waals surface area contributed by atoms with Gasteiger partial charge in [0.05, 0.1) is 6.67 Å². The second-order valence-electron chi connectivity index (χ2n) is 4.16. The van der Waals surface area contributed by atoms with Gasteiger partial charge in [-0.2, -0.15) is 0 Å². The highest BCUT2D eigenvalue weighted by Gasteiger charge is 2.20. The molecule has 2 heteroatoms. The number of hydrogen-bond acceptors (Lipinski definition) is 2. The van der Waals surface area contributed by atoms with Crippen LogP contribution in [0.2, 0.25) is 0 Å². The third-order valence-electron chi connectivity index (χ3n) is 2.37. The summed E-state index contributed by atoms with van der Waals surface area (Å²) in [5, 5.41) is 0. The molecule has 0 aliphatic carbocycles. The summed E-state index contributed by atoms with van der Waals surface area (Å²) in [7, 11) is 2.16. The van der Waals surface area contributed by atoms with Crippen LogP contribution in [0.1, 0.15) is 27.7 Å². The van der Waals surface area contributed by atoms with E-state index < -0.39 is 0 Å². The first kappa shape index (κ1) is 9.43. The maximum Gasteiger partial charge on any atom is 0.0895 e. The van der Waals surface area contributed by atoms with Gasteiger partial charge < -0.3 is 9.80 Å². The maximum absolute atomic E-state index is 2.37. The second-order valence-corrected chi connectivity index (χ2v) is 4.16. The van der Waals surface area contributed by atoms with Crippen LogP contribution in [0.25, 0.3) is 0 Å². The topological polar surface area (TPSA) is 6.48 Å². The Hall–Kier alpha value is -0.660. The van der Waals surface area contributed by atoms with E-state index in [1.54, 1.807) is 0 Å². The van der Waals surface area contributed by atoms with Crippen molar-refractivity contribution in [3.8, 4) is 0 Å². The lowest BCUT2D eigenvalue weighted by Crippen LogP contribution is -2.29. The molecule has 12 heavy (non-hydrogen) atoms. The minimum absolute atomic E-state index is 0.615. The van der Waals surface area contributed by atoms with Gasteiger partial charge in [-0.25, -0.2) is 0 Å². The molecule has 0 amide bonds. The van der Waals surface area contributed by atoms with E-state index in [1.807, 2.05) is 0 Å². The van der Waals surface area contributed by atoms with Gasteiger partial charge in [0, 0.05) is 25.0 Å². The van der Waals surface area contributed by atoms with Crippen LogP contribution in [0, 0.1) is 5.92 Å². The standard InChI is InChI=1S/C10H20N2/c1-8(2)10-6-12(9(3)4)7-11(10)5/h6,8-9H,7H2,1-5H3. The van der Waals surface area contributed by atoms with E-state index in [4.69, 9.17) is 0 Å². The Balaban J connectivity index is 2.68. The molecule has 0 aromatic heterocycles. The summed E-state index contributed by atoms with van der Waals surface area (Å²) in [5.41, 5.74) is 1.45. The molecule has 1 heterocycles. The molecule has 0 aromatic rings. The highest BCUT2D eigenvalue weighted by Crippen LogP contribution is 2.22. The average molecular weight is 168 g/mol. The van der Waals surface area contributed by atoms with Gasteiger partial charge in [-0.15, -0.1) is 0 Å². The highest BCUT2D eigenvalue weighted by atomic mass is 15.4. The minimum atomic E-state index is 0.615. The molecule has 0 fully saturated rings. The molecule has 1 aliphatic rings. The average Bonchev–Trinajstić information content (AvgIpc) is 2.30. The number of allylic oxidation sites excluding steroid dienone is 1. The molecule has 70 valence electrons. The third-order valence-corrected chi connectivity index (χ3v) is 2.37. The minimum Gasteiger partial charge on any atom is -0.359 e. The molecule has 0 spiro atoms. The molecule has 0 bridgehead atoms. The smallest absolute Gasteiger partial charge is 0.0895 e. The lowest BCUT2D eigenvalue weighted by atomic mass is 10.1. The molecule has 0 saturated heterocycles. The van der Waals surface area contributed by atoms with Crippen molar-refractivity contribution in [3.05, 3.63) is 11.9 Å². The van der Waals surface area contributed by atoms with Crippen LogP contribution in [-0.2, 0) is 0 Å². The van der Waals surface area contributed by atoms with Crippen LogP contribution in [0.5, 0.6) is 0 Å². The molecule has 0 saturated carbocycles. The number of nitrogens with zero attached hydrogens (tertiary/aromatic N) is 2. The van der Waals surface area contributed by atoms with E-state index in [0.29, 0.717) is 12.0 Å². The third kappa shape index (κ3) is 1.74. The second kappa shape index (κ2) is 3.38. The monoisotopic (exact) mass is 168 g/mol. The van der Waals surface area contributed by atoms with Crippen LogP contribution < -0.4 is 0 Å². The summed E-state index contributed by atoms with van der Waals surface area (Å²) in [4.78, 5) is 4.69. The summed E-state index contributed by atoms with van der Waals surface area (Å²) in [6.45, 7) is 9.99. The van der Waals surface area contributed by atoms with Crippen LogP contribution in [0.15, 0.2) is 11.9 Å². The lowest BCUT2D eigenvalue weighted by molar-refractivity contribution is 0.243.